The molecule has 0 aliphatic carbocycles. The van der Waals surface area contributed by atoms with Crippen molar-refractivity contribution >= 4 is 15.6 Å². The van der Waals surface area contributed by atoms with Gasteiger partial charge in [-0.15, -0.1) is 0 Å². The molecular formula is C15H27N3OS. The van der Waals surface area contributed by atoms with Gasteiger partial charge in [0, 0.05) is 27.1 Å². The summed E-state index contributed by atoms with van der Waals surface area (Å²) >= 11 is 0. The Hall–Kier alpha value is -0.940. The van der Waals surface area contributed by atoms with Crippen molar-refractivity contribution in [2.24, 2.45) is 0 Å². The zero-order chi connectivity index (χ0) is 15.7. The first-order valence-electron chi connectivity index (χ1n) is 6.86. The molecule has 0 aliphatic rings. The van der Waals surface area contributed by atoms with E-state index < -0.39 is 9.71 Å². The van der Waals surface area contributed by atoms with Crippen LogP contribution >= 0.6 is 0 Å². The summed E-state index contributed by atoms with van der Waals surface area (Å²) in [5, 5.41) is 0. The van der Waals surface area contributed by atoms with Gasteiger partial charge in [0.25, 0.3) is 0 Å². The van der Waals surface area contributed by atoms with Crippen LogP contribution in [0.15, 0.2) is 0 Å². The molecule has 1 rings (SSSR count). The van der Waals surface area contributed by atoms with Crippen LogP contribution in [0, 0.1) is 6.92 Å². The second-order valence-electron chi connectivity index (χ2n) is 6.72. The molecule has 20 heavy (non-hydrogen) atoms. The van der Waals surface area contributed by atoms with Crippen LogP contribution in [0.25, 0.3) is 0 Å². The minimum Gasteiger partial charge on any atom is -0.253 e. The molecule has 0 aliphatic heterocycles. The van der Waals surface area contributed by atoms with E-state index in [4.69, 9.17) is 4.98 Å². The van der Waals surface area contributed by atoms with E-state index in [1.165, 1.54) is 5.56 Å². The molecule has 0 bridgehead atoms. The highest BCUT2D eigenvalue weighted by molar-refractivity contribution is 7.97. The van der Waals surface area contributed by atoms with Crippen LogP contribution in [-0.4, -0.2) is 26.3 Å². The molecule has 0 spiro atoms. The molecule has 0 radical (unpaired) electrons. The Kier molecular flexibility index (Phi) is 4.98. The number of nitrogens with zero attached hydrogens (tertiary/aromatic N) is 2. The van der Waals surface area contributed by atoms with Crippen LogP contribution in [0.5, 0.6) is 0 Å². The second-order valence-corrected chi connectivity index (χ2v) is 9.02. The van der Waals surface area contributed by atoms with Gasteiger partial charge < -0.3 is 0 Å². The van der Waals surface area contributed by atoms with Gasteiger partial charge in [-0.2, -0.15) is 0 Å². The predicted octanol–water partition coefficient (Wildman–Crippen LogP) is 2.56. The number of aryl methyl sites for hydroxylation is 1. The van der Waals surface area contributed by atoms with Crippen molar-refractivity contribution in [3.63, 3.8) is 0 Å². The molecule has 0 saturated heterocycles. The maximum Gasteiger partial charge on any atom is 0.143 e. The fourth-order valence-corrected chi connectivity index (χ4v) is 2.63. The lowest BCUT2D eigenvalue weighted by Gasteiger charge is -2.25. The number of aromatic nitrogens is 2. The maximum atomic E-state index is 11.6. The zero-order valence-electron chi connectivity index (χ0n) is 13.7. The molecule has 1 N–H and O–H groups in total. The topological polar surface area (TPSA) is 54.9 Å². The summed E-state index contributed by atoms with van der Waals surface area (Å²) in [6.45, 7) is 13.2. The predicted molar refractivity (Wildman–Crippen MR) is 87.6 cm³/mol. The second kappa shape index (κ2) is 5.82. The fraction of sp³-hybridized carbons (Fsp3) is 0.667. The average Bonchev–Trinajstić information content (AvgIpc) is 2.22. The fourth-order valence-electron chi connectivity index (χ4n) is 2.20. The standard InChI is InChI=1S/C15H27N3OS/c1-10(2)13-11(3)17-12(9-16-20(7,8)19)18-14(13)15(4,5)6/h10H,7,9H2,1-6,8H3,(H,16,19). The molecule has 0 fully saturated rings. The van der Waals surface area contributed by atoms with Crippen molar-refractivity contribution in [2.75, 3.05) is 6.26 Å². The molecule has 1 heterocycles. The van der Waals surface area contributed by atoms with Gasteiger partial charge in [-0.1, -0.05) is 34.6 Å². The third-order valence-corrected chi connectivity index (χ3v) is 3.76. The first kappa shape index (κ1) is 17.1. The van der Waals surface area contributed by atoms with Crippen molar-refractivity contribution in [3.05, 3.63) is 22.8 Å². The van der Waals surface area contributed by atoms with Crippen LogP contribution in [-0.2, 0) is 21.7 Å². The van der Waals surface area contributed by atoms with Crippen molar-refractivity contribution < 1.29 is 4.21 Å². The third-order valence-electron chi connectivity index (χ3n) is 3.01. The van der Waals surface area contributed by atoms with E-state index in [0.29, 0.717) is 18.3 Å². The van der Waals surface area contributed by atoms with Crippen LogP contribution < -0.4 is 4.72 Å². The van der Waals surface area contributed by atoms with E-state index in [1.54, 1.807) is 6.26 Å². The number of rotatable bonds is 4. The Morgan fingerprint density at radius 2 is 1.85 bits per heavy atom. The maximum absolute atomic E-state index is 11.6. The number of hydrogen-bond acceptors (Lipinski definition) is 3. The molecule has 1 atom stereocenters. The first-order valence-corrected chi connectivity index (χ1v) is 9.00. The Bertz CT molecular complexity index is 584. The van der Waals surface area contributed by atoms with E-state index in [-0.39, 0.29) is 5.41 Å². The van der Waals surface area contributed by atoms with Gasteiger partial charge in [0.2, 0.25) is 0 Å². The quantitative estimate of drug-likeness (QED) is 0.869. The van der Waals surface area contributed by atoms with Gasteiger partial charge in [-0.3, -0.25) is 4.21 Å². The van der Waals surface area contributed by atoms with Crippen molar-refractivity contribution in [2.45, 2.75) is 59.4 Å². The molecule has 4 nitrogen and oxygen atoms in total. The Balaban J connectivity index is 3.29. The summed E-state index contributed by atoms with van der Waals surface area (Å²) < 4.78 is 14.5. The molecule has 0 amide bonds. The summed E-state index contributed by atoms with van der Waals surface area (Å²) in [6, 6.07) is 0. The van der Waals surface area contributed by atoms with Gasteiger partial charge in [-0.25, -0.2) is 14.7 Å². The Labute approximate surface area is 123 Å². The minimum absolute atomic E-state index is 0.0415. The summed E-state index contributed by atoms with van der Waals surface area (Å²) in [7, 11) is -2.24. The Morgan fingerprint density at radius 1 is 1.30 bits per heavy atom. The summed E-state index contributed by atoms with van der Waals surface area (Å²) in [5.41, 5.74) is 3.25. The van der Waals surface area contributed by atoms with Crippen LogP contribution in [0.3, 0.4) is 0 Å². The van der Waals surface area contributed by atoms with Gasteiger partial charge in [0.1, 0.15) is 5.82 Å². The van der Waals surface area contributed by atoms with E-state index in [0.717, 1.165) is 11.4 Å². The summed E-state index contributed by atoms with van der Waals surface area (Å²) in [4.78, 5) is 9.25. The summed E-state index contributed by atoms with van der Waals surface area (Å²) in [5.74, 6) is 4.65. The number of hydrogen-bond donors (Lipinski definition) is 1. The third kappa shape index (κ3) is 4.56. The lowest BCUT2D eigenvalue weighted by Crippen LogP contribution is -2.25. The largest absolute Gasteiger partial charge is 0.253 e. The van der Waals surface area contributed by atoms with Gasteiger partial charge in [0.15, 0.2) is 0 Å². The normalized spacial score (nSPS) is 15.4. The summed E-state index contributed by atoms with van der Waals surface area (Å²) in [6.07, 6.45) is 1.58. The van der Waals surface area contributed by atoms with E-state index in [9.17, 15) is 4.21 Å². The lowest BCUT2D eigenvalue weighted by atomic mass is 9.84. The molecule has 0 saturated carbocycles. The molecule has 5 heteroatoms. The van der Waals surface area contributed by atoms with Crippen molar-refractivity contribution in [1.29, 1.82) is 0 Å². The highest BCUT2D eigenvalue weighted by Crippen LogP contribution is 2.30. The number of nitrogens with one attached hydrogen (secondary N) is 1. The van der Waals surface area contributed by atoms with Crippen molar-refractivity contribution in [3.8, 4) is 0 Å². The van der Waals surface area contributed by atoms with E-state index >= 15 is 0 Å². The zero-order valence-corrected chi connectivity index (χ0v) is 14.5. The Morgan fingerprint density at radius 3 is 2.25 bits per heavy atom. The smallest absolute Gasteiger partial charge is 0.143 e. The van der Waals surface area contributed by atoms with Gasteiger partial charge in [-0.05, 0) is 24.3 Å². The molecule has 1 aromatic rings. The first-order chi connectivity index (χ1) is 8.92. The molecule has 0 aromatic carbocycles. The molecule has 114 valence electrons. The average molecular weight is 297 g/mol. The molecule has 1 unspecified atom stereocenters. The van der Waals surface area contributed by atoms with Gasteiger partial charge in [0.05, 0.1) is 12.2 Å². The minimum atomic E-state index is -2.24. The van der Waals surface area contributed by atoms with Crippen LogP contribution in [0.1, 0.15) is 63.3 Å². The van der Waals surface area contributed by atoms with Crippen LogP contribution in [0.4, 0.5) is 0 Å². The highest BCUT2D eigenvalue weighted by Gasteiger charge is 2.24. The van der Waals surface area contributed by atoms with Gasteiger partial charge >= 0.3 is 0 Å². The van der Waals surface area contributed by atoms with E-state index in [2.05, 4.69) is 50.2 Å². The highest BCUT2D eigenvalue weighted by atomic mass is 32.2. The molecular weight excluding hydrogens is 270 g/mol. The van der Waals surface area contributed by atoms with Crippen molar-refractivity contribution in [1.82, 2.24) is 14.7 Å². The lowest BCUT2D eigenvalue weighted by molar-refractivity contribution is 0.543. The SMILES string of the molecule is C=S(C)(=O)NCc1nc(C)c(C(C)C)c(C(C)(C)C)n1. The van der Waals surface area contributed by atoms with E-state index in [1.807, 2.05) is 6.92 Å². The molecule has 1 aromatic heterocycles. The monoisotopic (exact) mass is 297 g/mol. The van der Waals surface area contributed by atoms with Crippen LogP contribution in [0.2, 0.25) is 0 Å².